The number of ether oxygens (including phenoxy) is 1. The van der Waals surface area contributed by atoms with Crippen LogP contribution in [-0.2, 0) is 11.3 Å². The zero-order chi connectivity index (χ0) is 13.5. The van der Waals surface area contributed by atoms with Crippen molar-refractivity contribution in [3.05, 3.63) is 59.9 Å². The molecule has 0 fully saturated rings. The van der Waals surface area contributed by atoms with Crippen LogP contribution in [0.2, 0.25) is 0 Å². The van der Waals surface area contributed by atoms with Gasteiger partial charge in [0, 0.05) is 24.1 Å². The van der Waals surface area contributed by atoms with Crippen LogP contribution in [0, 0.1) is 0 Å². The number of hydrogen-bond donors (Lipinski definition) is 1. The lowest BCUT2D eigenvalue weighted by Gasteiger charge is -2.17. The fourth-order valence-corrected chi connectivity index (χ4v) is 1.94. The quantitative estimate of drug-likeness (QED) is 0.853. The summed E-state index contributed by atoms with van der Waals surface area (Å²) in [6.07, 6.45) is 1.82. The minimum atomic E-state index is 0.170. The van der Waals surface area contributed by atoms with Gasteiger partial charge in [-0.15, -0.1) is 0 Å². The number of pyridine rings is 1. The molecule has 0 saturated carbocycles. The van der Waals surface area contributed by atoms with E-state index in [1.807, 2.05) is 43.5 Å². The van der Waals surface area contributed by atoms with E-state index in [2.05, 4.69) is 29.4 Å². The molecule has 3 heteroatoms. The van der Waals surface area contributed by atoms with Crippen molar-refractivity contribution in [2.45, 2.75) is 26.5 Å². The van der Waals surface area contributed by atoms with E-state index in [-0.39, 0.29) is 6.04 Å². The topological polar surface area (TPSA) is 34.1 Å². The van der Waals surface area contributed by atoms with Gasteiger partial charge in [-0.25, -0.2) is 0 Å². The van der Waals surface area contributed by atoms with Crippen LogP contribution in [0.25, 0.3) is 0 Å². The van der Waals surface area contributed by atoms with Gasteiger partial charge in [0.15, 0.2) is 0 Å². The normalized spacial score (nSPS) is 12.1. The van der Waals surface area contributed by atoms with Crippen LogP contribution >= 0.6 is 0 Å². The monoisotopic (exact) mass is 256 g/mol. The van der Waals surface area contributed by atoms with E-state index in [0.29, 0.717) is 6.61 Å². The molecule has 1 atom stereocenters. The summed E-state index contributed by atoms with van der Waals surface area (Å²) in [5, 5.41) is 3.49. The molecule has 100 valence electrons. The fraction of sp³-hybridized carbons (Fsp3) is 0.312. The van der Waals surface area contributed by atoms with E-state index in [0.717, 1.165) is 18.0 Å². The molecule has 1 aromatic carbocycles. The lowest BCUT2D eigenvalue weighted by Crippen LogP contribution is -2.10. The predicted octanol–water partition coefficient (Wildman–Crippen LogP) is 3.79. The van der Waals surface area contributed by atoms with Gasteiger partial charge < -0.3 is 10.1 Å². The van der Waals surface area contributed by atoms with Crippen molar-refractivity contribution < 1.29 is 4.74 Å². The van der Waals surface area contributed by atoms with Crippen LogP contribution < -0.4 is 5.32 Å². The van der Waals surface area contributed by atoms with Crippen molar-refractivity contribution in [2.24, 2.45) is 0 Å². The molecule has 0 spiro atoms. The Kier molecular flexibility index (Phi) is 4.93. The van der Waals surface area contributed by atoms with Crippen molar-refractivity contribution in [3.63, 3.8) is 0 Å². The van der Waals surface area contributed by atoms with Gasteiger partial charge in [-0.05, 0) is 32.0 Å². The Morgan fingerprint density at radius 3 is 2.68 bits per heavy atom. The van der Waals surface area contributed by atoms with Gasteiger partial charge in [-0.1, -0.05) is 24.3 Å². The Morgan fingerprint density at radius 2 is 1.95 bits per heavy atom. The van der Waals surface area contributed by atoms with Crippen molar-refractivity contribution in [1.82, 2.24) is 4.98 Å². The highest BCUT2D eigenvalue weighted by Crippen LogP contribution is 2.21. The number of para-hydroxylation sites is 1. The molecular formula is C16H20N2O. The third kappa shape index (κ3) is 3.80. The summed E-state index contributed by atoms with van der Waals surface area (Å²) in [4.78, 5) is 4.37. The Balaban J connectivity index is 2.10. The van der Waals surface area contributed by atoms with Crippen LogP contribution in [0.3, 0.4) is 0 Å². The number of rotatable bonds is 6. The molecule has 0 radical (unpaired) electrons. The highest BCUT2D eigenvalue weighted by Gasteiger charge is 2.08. The van der Waals surface area contributed by atoms with Gasteiger partial charge in [-0.2, -0.15) is 0 Å². The first-order chi connectivity index (χ1) is 9.31. The average Bonchev–Trinajstić information content (AvgIpc) is 2.47. The summed E-state index contributed by atoms with van der Waals surface area (Å²) in [6.45, 7) is 5.48. The van der Waals surface area contributed by atoms with E-state index >= 15 is 0 Å². The summed E-state index contributed by atoms with van der Waals surface area (Å²) < 4.78 is 5.49. The number of aromatic nitrogens is 1. The third-order valence-electron chi connectivity index (χ3n) is 2.98. The van der Waals surface area contributed by atoms with E-state index in [1.54, 1.807) is 0 Å². The summed E-state index contributed by atoms with van der Waals surface area (Å²) in [5.41, 5.74) is 3.31. The lowest BCUT2D eigenvalue weighted by molar-refractivity contribution is 0.134. The molecule has 0 amide bonds. The minimum Gasteiger partial charge on any atom is -0.377 e. The van der Waals surface area contributed by atoms with Crippen LogP contribution in [0.1, 0.15) is 31.1 Å². The standard InChI is InChI=1S/C16H20N2O/c1-3-19-12-14-8-4-5-10-16(14)18-13(2)15-9-6-7-11-17-15/h4-11,13,18H,3,12H2,1-2H3. The molecule has 3 nitrogen and oxygen atoms in total. The van der Waals surface area contributed by atoms with Crippen molar-refractivity contribution in [3.8, 4) is 0 Å². The third-order valence-corrected chi connectivity index (χ3v) is 2.98. The van der Waals surface area contributed by atoms with E-state index in [1.165, 1.54) is 5.56 Å². The summed E-state index contributed by atoms with van der Waals surface area (Å²) >= 11 is 0. The SMILES string of the molecule is CCOCc1ccccc1NC(C)c1ccccn1. The second-order valence-corrected chi connectivity index (χ2v) is 4.41. The van der Waals surface area contributed by atoms with Gasteiger partial charge in [0.05, 0.1) is 18.3 Å². The Labute approximate surface area is 114 Å². The first kappa shape index (κ1) is 13.6. The zero-order valence-corrected chi connectivity index (χ0v) is 11.5. The van der Waals surface area contributed by atoms with Crippen LogP contribution in [0.4, 0.5) is 5.69 Å². The number of nitrogens with zero attached hydrogens (tertiary/aromatic N) is 1. The molecule has 0 aliphatic carbocycles. The van der Waals surface area contributed by atoms with Gasteiger partial charge in [-0.3, -0.25) is 4.98 Å². The summed E-state index contributed by atoms with van der Waals surface area (Å²) in [6, 6.07) is 14.4. The number of benzene rings is 1. The molecule has 0 aliphatic heterocycles. The largest absolute Gasteiger partial charge is 0.377 e. The molecule has 1 N–H and O–H groups in total. The van der Waals surface area contributed by atoms with Crippen LogP contribution in [0.5, 0.6) is 0 Å². The Morgan fingerprint density at radius 1 is 1.16 bits per heavy atom. The molecule has 0 saturated heterocycles. The maximum atomic E-state index is 5.49. The molecule has 2 aromatic rings. The van der Waals surface area contributed by atoms with Gasteiger partial charge in [0.25, 0.3) is 0 Å². The second-order valence-electron chi connectivity index (χ2n) is 4.41. The maximum Gasteiger partial charge on any atom is 0.0736 e. The maximum absolute atomic E-state index is 5.49. The number of hydrogen-bond acceptors (Lipinski definition) is 3. The Bertz CT molecular complexity index is 499. The second kappa shape index (κ2) is 6.90. The van der Waals surface area contributed by atoms with Gasteiger partial charge >= 0.3 is 0 Å². The molecular weight excluding hydrogens is 236 g/mol. The molecule has 0 aliphatic rings. The van der Waals surface area contributed by atoms with E-state index in [9.17, 15) is 0 Å². The first-order valence-electron chi connectivity index (χ1n) is 6.64. The zero-order valence-electron chi connectivity index (χ0n) is 11.5. The molecule has 1 aromatic heterocycles. The highest BCUT2D eigenvalue weighted by atomic mass is 16.5. The van der Waals surface area contributed by atoms with Crippen LogP contribution in [-0.4, -0.2) is 11.6 Å². The van der Waals surface area contributed by atoms with Crippen molar-refractivity contribution >= 4 is 5.69 Å². The van der Waals surface area contributed by atoms with Crippen molar-refractivity contribution in [1.29, 1.82) is 0 Å². The Hall–Kier alpha value is -1.87. The molecule has 0 bridgehead atoms. The first-order valence-corrected chi connectivity index (χ1v) is 6.64. The number of nitrogens with one attached hydrogen (secondary N) is 1. The smallest absolute Gasteiger partial charge is 0.0736 e. The summed E-state index contributed by atoms with van der Waals surface area (Å²) in [5.74, 6) is 0. The van der Waals surface area contributed by atoms with Crippen LogP contribution in [0.15, 0.2) is 48.7 Å². The molecule has 1 heterocycles. The van der Waals surface area contributed by atoms with E-state index in [4.69, 9.17) is 4.74 Å². The fourth-order valence-electron chi connectivity index (χ4n) is 1.94. The molecule has 2 rings (SSSR count). The molecule has 19 heavy (non-hydrogen) atoms. The average molecular weight is 256 g/mol. The highest BCUT2D eigenvalue weighted by molar-refractivity contribution is 5.52. The lowest BCUT2D eigenvalue weighted by atomic mass is 10.1. The number of anilines is 1. The molecule has 1 unspecified atom stereocenters. The van der Waals surface area contributed by atoms with E-state index < -0.39 is 0 Å². The summed E-state index contributed by atoms with van der Waals surface area (Å²) in [7, 11) is 0. The minimum absolute atomic E-state index is 0.170. The van der Waals surface area contributed by atoms with Gasteiger partial charge in [0.1, 0.15) is 0 Å². The predicted molar refractivity (Wildman–Crippen MR) is 78.0 cm³/mol. The van der Waals surface area contributed by atoms with Gasteiger partial charge in [0.2, 0.25) is 0 Å². The van der Waals surface area contributed by atoms with Crippen molar-refractivity contribution in [2.75, 3.05) is 11.9 Å².